The van der Waals surface area contributed by atoms with Crippen LogP contribution in [0.25, 0.3) is 0 Å². The predicted molar refractivity (Wildman–Crippen MR) is 59.8 cm³/mol. The van der Waals surface area contributed by atoms with Crippen LogP contribution in [0.3, 0.4) is 0 Å². The summed E-state index contributed by atoms with van der Waals surface area (Å²) in [4.78, 5) is 22.2. The molecule has 2 aromatic rings. The molecule has 0 aliphatic heterocycles. The molecule has 2 heterocycles. The van der Waals surface area contributed by atoms with Crippen LogP contribution in [0.1, 0.15) is 17.1 Å². The molecule has 0 spiro atoms. The van der Waals surface area contributed by atoms with Gasteiger partial charge in [0.05, 0.1) is 5.69 Å². The summed E-state index contributed by atoms with van der Waals surface area (Å²) in [6.07, 6.45) is 4.00. The predicted octanol–water partition coefficient (Wildman–Crippen LogP) is 0.214. The van der Waals surface area contributed by atoms with E-state index in [9.17, 15) is 4.79 Å². The molecule has 0 unspecified atom stereocenters. The molecular weight excluding hydrogens is 204 g/mol. The minimum absolute atomic E-state index is 0.172. The number of pyridine rings is 1. The molecular formula is C11H12N4O. The Balaban J connectivity index is 2.28. The quantitative estimate of drug-likeness (QED) is 0.768. The van der Waals surface area contributed by atoms with Crippen molar-refractivity contribution in [2.24, 2.45) is 5.73 Å². The number of nitrogens with one attached hydrogen (secondary N) is 1. The van der Waals surface area contributed by atoms with Crippen molar-refractivity contribution in [2.75, 3.05) is 0 Å². The van der Waals surface area contributed by atoms with Crippen LogP contribution in [0, 0.1) is 0 Å². The first-order valence-electron chi connectivity index (χ1n) is 4.96. The molecule has 5 nitrogen and oxygen atoms in total. The van der Waals surface area contributed by atoms with Gasteiger partial charge in [0.1, 0.15) is 5.82 Å². The van der Waals surface area contributed by atoms with Crippen LogP contribution in [0.15, 0.2) is 35.4 Å². The van der Waals surface area contributed by atoms with Crippen molar-refractivity contribution in [2.45, 2.75) is 13.0 Å². The van der Waals surface area contributed by atoms with Crippen LogP contribution in [-0.2, 0) is 13.0 Å². The van der Waals surface area contributed by atoms with Crippen LogP contribution in [0.5, 0.6) is 0 Å². The Morgan fingerprint density at radius 1 is 1.44 bits per heavy atom. The van der Waals surface area contributed by atoms with Crippen molar-refractivity contribution < 1.29 is 0 Å². The summed E-state index contributed by atoms with van der Waals surface area (Å²) in [7, 11) is 0. The maximum absolute atomic E-state index is 11.3. The minimum atomic E-state index is -0.172. The maximum atomic E-state index is 11.3. The van der Waals surface area contributed by atoms with Crippen molar-refractivity contribution in [1.29, 1.82) is 0 Å². The third kappa shape index (κ3) is 2.52. The van der Waals surface area contributed by atoms with Gasteiger partial charge in [-0.15, -0.1) is 0 Å². The first-order valence-corrected chi connectivity index (χ1v) is 4.96. The molecule has 82 valence electrons. The molecule has 0 fully saturated rings. The fourth-order valence-corrected chi connectivity index (χ4v) is 1.45. The second-order valence-corrected chi connectivity index (χ2v) is 3.43. The van der Waals surface area contributed by atoms with E-state index in [0.29, 0.717) is 17.9 Å². The number of aromatic nitrogens is 3. The fraction of sp³-hybridized carbons (Fsp3) is 0.182. The highest BCUT2D eigenvalue weighted by atomic mass is 16.1. The summed E-state index contributed by atoms with van der Waals surface area (Å²) in [5, 5.41) is 0. The van der Waals surface area contributed by atoms with Gasteiger partial charge in [-0.05, 0) is 11.6 Å². The van der Waals surface area contributed by atoms with Gasteiger partial charge in [-0.1, -0.05) is 6.07 Å². The van der Waals surface area contributed by atoms with Gasteiger partial charge in [-0.25, -0.2) is 4.98 Å². The highest BCUT2D eigenvalue weighted by Gasteiger charge is 2.01. The SMILES string of the molecule is NCc1cc(=O)[nH]c(Cc2cccnc2)n1. The zero-order chi connectivity index (χ0) is 11.4. The zero-order valence-corrected chi connectivity index (χ0v) is 8.68. The molecule has 0 aliphatic carbocycles. The van der Waals surface area contributed by atoms with Crippen molar-refractivity contribution >= 4 is 0 Å². The third-order valence-electron chi connectivity index (χ3n) is 2.15. The molecule has 2 aromatic heterocycles. The molecule has 16 heavy (non-hydrogen) atoms. The summed E-state index contributed by atoms with van der Waals surface area (Å²) in [6.45, 7) is 0.268. The molecule has 5 heteroatoms. The summed E-state index contributed by atoms with van der Waals surface area (Å²) in [5.74, 6) is 0.612. The van der Waals surface area contributed by atoms with Crippen LogP contribution >= 0.6 is 0 Å². The number of hydrogen-bond donors (Lipinski definition) is 2. The third-order valence-corrected chi connectivity index (χ3v) is 2.15. The van der Waals surface area contributed by atoms with Gasteiger partial charge in [-0.2, -0.15) is 0 Å². The van der Waals surface area contributed by atoms with E-state index in [2.05, 4.69) is 15.0 Å². The lowest BCUT2D eigenvalue weighted by molar-refractivity contribution is 0.873. The smallest absolute Gasteiger partial charge is 0.251 e. The molecule has 0 amide bonds. The van der Waals surface area contributed by atoms with Gasteiger partial charge in [0.25, 0.3) is 5.56 Å². The Bertz CT molecular complexity index is 521. The Morgan fingerprint density at radius 2 is 2.31 bits per heavy atom. The van der Waals surface area contributed by atoms with Crippen LogP contribution in [0.4, 0.5) is 0 Å². The maximum Gasteiger partial charge on any atom is 0.251 e. The second-order valence-electron chi connectivity index (χ2n) is 3.43. The standard InChI is InChI=1S/C11H12N4O/c12-6-9-5-11(16)15-10(14-9)4-8-2-1-3-13-7-8/h1-3,5,7H,4,6,12H2,(H,14,15,16). The first kappa shape index (κ1) is 10.5. The highest BCUT2D eigenvalue weighted by molar-refractivity contribution is 5.15. The second kappa shape index (κ2) is 4.67. The van der Waals surface area contributed by atoms with Crippen LogP contribution in [0.2, 0.25) is 0 Å². The van der Waals surface area contributed by atoms with Gasteiger partial charge in [0, 0.05) is 31.4 Å². The summed E-state index contributed by atoms with van der Waals surface area (Å²) < 4.78 is 0. The van der Waals surface area contributed by atoms with Gasteiger partial charge in [0.2, 0.25) is 0 Å². The number of nitrogens with zero attached hydrogens (tertiary/aromatic N) is 2. The summed E-state index contributed by atoms with van der Waals surface area (Å²) in [6, 6.07) is 5.19. The number of H-pyrrole nitrogens is 1. The molecule has 0 aromatic carbocycles. The fourth-order valence-electron chi connectivity index (χ4n) is 1.45. The van der Waals surface area contributed by atoms with Gasteiger partial charge >= 0.3 is 0 Å². The number of hydrogen-bond acceptors (Lipinski definition) is 4. The van der Waals surface area contributed by atoms with E-state index in [-0.39, 0.29) is 12.1 Å². The summed E-state index contributed by atoms with van der Waals surface area (Å²) in [5.41, 5.74) is 6.88. The van der Waals surface area contributed by atoms with E-state index in [1.807, 2.05) is 12.1 Å². The van der Waals surface area contributed by atoms with E-state index in [4.69, 9.17) is 5.73 Å². The van der Waals surface area contributed by atoms with Gasteiger partial charge in [-0.3, -0.25) is 9.78 Å². The lowest BCUT2D eigenvalue weighted by Crippen LogP contribution is -2.15. The monoisotopic (exact) mass is 216 g/mol. The van der Waals surface area contributed by atoms with Crippen molar-refractivity contribution in [3.63, 3.8) is 0 Å². The lowest BCUT2D eigenvalue weighted by atomic mass is 10.2. The van der Waals surface area contributed by atoms with E-state index in [1.54, 1.807) is 12.4 Å². The van der Waals surface area contributed by atoms with Crippen LogP contribution < -0.4 is 11.3 Å². The molecule has 0 aliphatic rings. The first-order chi connectivity index (χ1) is 7.78. The lowest BCUT2D eigenvalue weighted by Gasteiger charge is -2.02. The van der Waals surface area contributed by atoms with Crippen LogP contribution in [-0.4, -0.2) is 15.0 Å². The molecule has 0 atom stereocenters. The number of nitrogens with two attached hydrogens (primary N) is 1. The van der Waals surface area contributed by atoms with Gasteiger partial charge < -0.3 is 10.7 Å². The van der Waals surface area contributed by atoms with E-state index in [1.165, 1.54) is 6.07 Å². The molecule has 2 rings (SSSR count). The average molecular weight is 216 g/mol. The normalized spacial score (nSPS) is 10.3. The number of rotatable bonds is 3. The molecule has 3 N–H and O–H groups in total. The Kier molecular flexibility index (Phi) is 3.07. The molecule has 0 saturated carbocycles. The van der Waals surface area contributed by atoms with Crippen molar-refractivity contribution in [3.8, 4) is 0 Å². The van der Waals surface area contributed by atoms with E-state index < -0.39 is 0 Å². The largest absolute Gasteiger partial charge is 0.325 e. The average Bonchev–Trinajstić information content (AvgIpc) is 2.29. The molecule has 0 bridgehead atoms. The number of aromatic amines is 1. The van der Waals surface area contributed by atoms with Crippen molar-refractivity contribution in [1.82, 2.24) is 15.0 Å². The van der Waals surface area contributed by atoms with Gasteiger partial charge in [0.15, 0.2) is 0 Å². The molecule has 0 radical (unpaired) electrons. The highest BCUT2D eigenvalue weighted by Crippen LogP contribution is 2.02. The van der Waals surface area contributed by atoms with Crippen molar-refractivity contribution in [3.05, 3.63) is 58.0 Å². The zero-order valence-electron chi connectivity index (χ0n) is 8.68. The summed E-state index contributed by atoms with van der Waals surface area (Å²) >= 11 is 0. The topological polar surface area (TPSA) is 84.7 Å². The Morgan fingerprint density at radius 3 is 3.00 bits per heavy atom. The Labute approximate surface area is 92.4 Å². The Hall–Kier alpha value is -2.01. The van der Waals surface area contributed by atoms with E-state index in [0.717, 1.165) is 5.56 Å². The molecule has 0 saturated heterocycles. The van der Waals surface area contributed by atoms with E-state index >= 15 is 0 Å². The minimum Gasteiger partial charge on any atom is -0.325 e.